The minimum absolute atomic E-state index is 0. The first kappa shape index (κ1) is 326. The van der Waals surface area contributed by atoms with Gasteiger partial charge in [0, 0.05) is 0 Å². The largest absolute Gasteiger partial charge is 2.00 e. The molecule has 0 aliphatic heterocycles. The zero-order valence-corrected chi connectivity index (χ0v) is 7.66. The molecule has 0 bridgehead atoms. The van der Waals surface area contributed by atoms with Crippen molar-refractivity contribution in [3.05, 3.63) is 0 Å². The van der Waals surface area contributed by atoms with E-state index in [1.54, 1.807) is 0 Å². The normalized spacial score (nSPS) is 0.600. The fourth-order valence-electron chi connectivity index (χ4n) is 0. The van der Waals surface area contributed by atoms with Crippen LogP contribution in [0.15, 0.2) is 0 Å². The van der Waals surface area contributed by atoms with Crippen LogP contribution in [0.2, 0.25) is 0 Å². The van der Waals surface area contributed by atoms with Crippen LogP contribution in [0, 0.1) is 0 Å². The van der Waals surface area contributed by atoms with Crippen LogP contribution in [0.3, 0.4) is 0 Å². The van der Waals surface area contributed by atoms with Gasteiger partial charge in [0.15, 0.2) is 0 Å². The monoisotopic (exact) mass is 198 g/mol. The summed E-state index contributed by atoms with van der Waals surface area (Å²) in [5.41, 5.74) is 0. The molecule has 0 aromatic heterocycles. The van der Waals surface area contributed by atoms with E-state index in [0.29, 0.717) is 0 Å². The van der Waals surface area contributed by atoms with Crippen molar-refractivity contribution in [1.82, 2.24) is 0 Å². The molecule has 10 heavy (non-hydrogen) atoms. The average Bonchev–Trinajstić information content (AvgIpc) is 1.00. The van der Waals surface area contributed by atoms with Gasteiger partial charge in [0.05, 0.1) is 0 Å². The Balaban J connectivity index is -0.000000000179. The first-order chi connectivity index (χ1) is 1.00. The Kier molecular flexibility index (Phi) is 40800. The molecule has 0 unspecified atom stereocenters. The Hall–Kier alpha value is 0.776. The molecule has 0 aromatic rings. The molecule has 0 aromatic carbocycles. The van der Waals surface area contributed by atoms with Crippen LogP contribution in [0.4, 0.5) is 0 Å². The van der Waals surface area contributed by atoms with Crippen LogP contribution in [-0.4, -0.2) is 63.0 Å². The molecule has 0 aliphatic rings. The maximum absolute atomic E-state index is 8.25. The van der Waals surface area contributed by atoms with E-state index in [9.17, 15) is 0 Å². The molecule has 0 saturated carbocycles. The molecule has 9 heteroatoms. The van der Waals surface area contributed by atoms with E-state index in [1.807, 2.05) is 0 Å². The Labute approximate surface area is 80.8 Å². The summed E-state index contributed by atoms with van der Waals surface area (Å²) in [4.78, 5) is 0. The summed E-state index contributed by atoms with van der Waals surface area (Å²) in [5, 5.41) is 8.25. The van der Waals surface area contributed by atoms with Crippen LogP contribution >= 0.6 is 0 Å². The van der Waals surface area contributed by atoms with Crippen LogP contribution in [0.25, 0.3) is 0 Å². The van der Waals surface area contributed by atoms with Gasteiger partial charge in [-0.1, -0.05) is 0 Å². The number of hydrogen-bond donors (Lipinski definition) is 0. The Morgan fingerprint density at radius 1 is 0.600 bits per heavy atom. The van der Waals surface area contributed by atoms with Gasteiger partial charge in [-0.25, -0.2) is 0 Å². The van der Waals surface area contributed by atoms with Crippen molar-refractivity contribution in [2.75, 3.05) is 7.11 Å². The fourth-order valence-corrected chi connectivity index (χ4v) is 0. The minimum Gasteiger partial charge on any atom is -1.00 e. The number of hydrogen-bond acceptors (Lipinski definition) is 1. The Bertz CT molecular complexity index is 13.6. The molecule has 0 fully saturated rings. The molecular formula is CH15ClMgO7. The third kappa shape index (κ3) is 881. The van der Waals surface area contributed by atoms with Crippen LogP contribution in [0.5, 0.6) is 0 Å². The Morgan fingerprint density at radius 3 is 0.600 bits per heavy atom. The third-order valence-corrected chi connectivity index (χ3v) is 0. The summed E-state index contributed by atoms with van der Waals surface area (Å²) in [6.45, 7) is 0. The van der Waals surface area contributed by atoms with Gasteiger partial charge in [-0.3, -0.25) is 0 Å². The smallest absolute Gasteiger partial charge is 1.00 e. The number of halogens is 1. The van der Waals surface area contributed by atoms with Crippen molar-refractivity contribution in [3.63, 3.8) is 0 Å². The molecular weight excluding hydrogens is 184 g/mol. The van der Waals surface area contributed by atoms with E-state index in [0.717, 1.165) is 7.11 Å². The van der Waals surface area contributed by atoms with E-state index in [4.69, 9.17) is 5.11 Å². The quantitative estimate of drug-likeness (QED) is 0.341. The zero-order valence-electron chi connectivity index (χ0n) is 5.49. The van der Waals surface area contributed by atoms with E-state index in [2.05, 4.69) is 0 Å². The second-order valence-electron chi connectivity index (χ2n) is 0. The van der Waals surface area contributed by atoms with Gasteiger partial charge in [0.1, 0.15) is 0 Å². The van der Waals surface area contributed by atoms with Crippen molar-refractivity contribution in [1.29, 1.82) is 0 Å². The van der Waals surface area contributed by atoms with Crippen molar-refractivity contribution < 1.29 is 50.4 Å². The van der Waals surface area contributed by atoms with Crippen molar-refractivity contribution in [2.24, 2.45) is 0 Å². The molecule has 0 heterocycles. The van der Waals surface area contributed by atoms with Gasteiger partial charge in [0.25, 0.3) is 0 Å². The molecule has 0 saturated heterocycles. The summed E-state index contributed by atoms with van der Waals surface area (Å²) >= 11 is 0. The average molecular weight is 199 g/mol. The zero-order chi connectivity index (χ0) is 2.00. The van der Waals surface area contributed by atoms with Crippen molar-refractivity contribution in [2.45, 2.75) is 0 Å². The molecule has 0 amide bonds. The second kappa shape index (κ2) is 1250. The SMILES string of the molecule is C[O-].O.O.O.O.O.O.[Cl-].[Mg+2]. The van der Waals surface area contributed by atoms with Gasteiger partial charge >= 0.3 is 23.1 Å². The van der Waals surface area contributed by atoms with Gasteiger partial charge in [-0.05, 0) is 0 Å². The molecule has 0 rings (SSSR count). The topological polar surface area (TPSA) is 212 Å². The molecule has 7 nitrogen and oxygen atoms in total. The van der Waals surface area contributed by atoms with E-state index < -0.39 is 0 Å². The number of rotatable bonds is 0. The summed E-state index contributed by atoms with van der Waals surface area (Å²) in [5.74, 6) is 0. The maximum atomic E-state index is 8.25. The standard InChI is InChI=1S/CH3O.ClH.Mg.6H2O/c1-2;;;;;;;;/h1H3;1H;;6*1H2/q-1;;+2;;;;;;/p-1. The van der Waals surface area contributed by atoms with Crippen molar-refractivity contribution >= 4 is 23.1 Å². The summed E-state index contributed by atoms with van der Waals surface area (Å²) in [6, 6.07) is 0. The molecule has 0 aliphatic carbocycles. The van der Waals surface area contributed by atoms with E-state index in [1.165, 1.54) is 0 Å². The van der Waals surface area contributed by atoms with Gasteiger partial charge in [-0.15, -0.1) is 0 Å². The molecule has 0 spiro atoms. The van der Waals surface area contributed by atoms with Gasteiger partial charge in [-0.2, -0.15) is 7.11 Å². The van der Waals surface area contributed by atoms with Crippen LogP contribution < -0.4 is 17.5 Å². The maximum Gasteiger partial charge on any atom is 2.00 e. The first-order valence-electron chi connectivity index (χ1n) is 0.408. The third-order valence-electron chi connectivity index (χ3n) is 0. The Morgan fingerprint density at radius 2 is 0.600 bits per heavy atom. The molecule has 12 N–H and O–H groups in total. The summed E-state index contributed by atoms with van der Waals surface area (Å²) < 4.78 is 0. The predicted molar refractivity (Wildman–Crippen MR) is 33.4 cm³/mol. The van der Waals surface area contributed by atoms with Gasteiger partial charge < -0.3 is 50.4 Å². The molecule has 0 atom stereocenters. The summed E-state index contributed by atoms with van der Waals surface area (Å²) in [6.07, 6.45) is 0. The predicted octanol–water partition coefficient (Wildman–Crippen LogP) is -9.35. The van der Waals surface area contributed by atoms with E-state index in [-0.39, 0.29) is 68.3 Å². The van der Waals surface area contributed by atoms with Crippen molar-refractivity contribution in [3.8, 4) is 0 Å². The first-order valence-corrected chi connectivity index (χ1v) is 0.408. The minimum atomic E-state index is 0. The van der Waals surface area contributed by atoms with E-state index >= 15 is 0 Å². The van der Waals surface area contributed by atoms with Crippen LogP contribution in [-0.2, 0) is 0 Å². The molecule has 0 radical (unpaired) electrons. The second-order valence-corrected chi connectivity index (χ2v) is 0. The fraction of sp³-hybridized carbons (Fsp3) is 1.00. The summed E-state index contributed by atoms with van der Waals surface area (Å²) in [7, 11) is 0.750. The van der Waals surface area contributed by atoms with Crippen LogP contribution in [0.1, 0.15) is 0 Å². The molecule has 70 valence electrons. The van der Waals surface area contributed by atoms with Gasteiger partial charge in [0.2, 0.25) is 0 Å².